The van der Waals surface area contributed by atoms with E-state index in [9.17, 15) is 0 Å². The number of methoxy groups -OCH3 is 1. The van der Waals surface area contributed by atoms with Crippen LogP contribution in [-0.2, 0) is 0 Å². The van der Waals surface area contributed by atoms with Crippen LogP contribution in [0.5, 0.6) is 5.75 Å². The van der Waals surface area contributed by atoms with E-state index in [0.29, 0.717) is 22.4 Å². The van der Waals surface area contributed by atoms with Gasteiger partial charge in [-0.1, -0.05) is 23.7 Å². The Labute approximate surface area is 126 Å². The molecule has 0 aliphatic rings. The fourth-order valence-corrected chi connectivity index (χ4v) is 2.08. The number of para-hydroxylation sites is 2. The van der Waals surface area contributed by atoms with Crippen molar-refractivity contribution in [1.29, 1.82) is 0 Å². The Hall–Kier alpha value is -2.60. The summed E-state index contributed by atoms with van der Waals surface area (Å²) >= 11 is 6.13. The molecular formula is C14H12ClN5O. The lowest BCUT2D eigenvalue weighted by Crippen LogP contribution is -2.00. The zero-order valence-electron chi connectivity index (χ0n) is 11.2. The lowest BCUT2D eigenvalue weighted by atomic mass is 10.2. The van der Waals surface area contributed by atoms with Gasteiger partial charge in [-0.25, -0.2) is 9.97 Å². The van der Waals surface area contributed by atoms with Crippen molar-refractivity contribution in [2.24, 2.45) is 0 Å². The molecule has 0 bridgehead atoms. The Bertz CT molecular complexity index is 745. The largest absolute Gasteiger partial charge is 0.495 e. The van der Waals surface area contributed by atoms with Crippen molar-refractivity contribution in [2.45, 2.75) is 0 Å². The Morgan fingerprint density at radius 1 is 1.24 bits per heavy atom. The van der Waals surface area contributed by atoms with Crippen LogP contribution in [0, 0.1) is 0 Å². The van der Waals surface area contributed by atoms with E-state index in [0.717, 1.165) is 11.3 Å². The summed E-state index contributed by atoms with van der Waals surface area (Å²) in [5.41, 5.74) is 2.18. The minimum atomic E-state index is 0.431. The van der Waals surface area contributed by atoms with Gasteiger partial charge in [-0.05, 0) is 12.1 Å². The molecule has 2 N–H and O–H groups in total. The van der Waals surface area contributed by atoms with Crippen LogP contribution in [0.3, 0.4) is 0 Å². The molecule has 3 rings (SSSR count). The van der Waals surface area contributed by atoms with Crippen LogP contribution in [0.25, 0.3) is 11.3 Å². The fraction of sp³-hybridized carbons (Fsp3) is 0.0714. The van der Waals surface area contributed by atoms with Crippen LogP contribution in [0.2, 0.25) is 5.02 Å². The molecule has 0 spiro atoms. The highest BCUT2D eigenvalue weighted by Crippen LogP contribution is 2.29. The van der Waals surface area contributed by atoms with Gasteiger partial charge in [0.1, 0.15) is 5.75 Å². The Balaban J connectivity index is 1.95. The Morgan fingerprint density at radius 3 is 2.86 bits per heavy atom. The molecule has 0 saturated carbocycles. The number of nitrogens with one attached hydrogen (secondary N) is 2. The minimum absolute atomic E-state index is 0.431. The van der Waals surface area contributed by atoms with Crippen molar-refractivity contribution in [1.82, 2.24) is 20.2 Å². The second kappa shape index (κ2) is 5.80. The van der Waals surface area contributed by atoms with Gasteiger partial charge in [-0.2, -0.15) is 5.10 Å². The molecule has 0 atom stereocenters. The normalized spacial score (nSPS) is 10.4. The van der Waals surface area contributed by atoms with Gasteiger partial charge in [-0.15, -0.1) is 0 Å². The third-order valence-electron chi connectivity index (χ3n) is 2.87. The summed E-state index contributed by atoms with van der Waals surface area (Å²) < 4.78 is 5.28. The molecule has 0 fully saturated rings. The first-order chi connectivity index (χ1) is 10.3. The molecular weight excluding hydrogens is 290 g/mol. The van der Waals surface area contributed by atoms with Crippen LogP contribution in [0.4, 0.5) is 11.6 Å². The molecule has 0 amide bonds. The first-order valence-electron chi connectivity index (χ1n) is 6.19. The van der Waals surface area contributed by atoms with Crippen LogP contribution in [0.1, 0.15) is 0 Å². The topological polar surface area (TPSA) is 75.7 Å². The smallest absolute Gasteiger partial charge is 0.227 e. The van der Waals surface area contributed by atoms with E-state index in [-0.39, 0.29) is 0 Å². The fourth-order valence-electron chi connectivity index (χ4n) is 1.88. The number of hydrogen-bond donors (Lipinski definition) is 2. The van der Waals surface area contributed by atoms with E-state index in [2.05, 4.69) is 25.5 Å². The molecule has 0 radical (unpaired) electrons. The number of ether oxygens (including phenoxy) is 1. The number of hydrogen-bond acceptors (Lipinski definition) is 5. The standard InChI is InChI=1S/C14H12ClN5O/c1-21-12-5-3-2-4-11(12)19-14-16-8-10(15)13(20-14)9-6-17-18-7-9/h2-8H,1H3,(H,17,18)(H,16,19,20). The first kappa shape index (κ1) is 13.4. The van der Waals surface area contributed by atoms with Gasteiger partial charge in [0.15, 0.2) is 0 Å². The van der Waals surface area contributed by atoms with Gasteiger partial charge in [0.25, 0.3) is 0 Å². The van der Waals surface area contributed by atoms with E-state index in [4.69, 9.17) is 16.3 Å². The number of aromatic amines is 1. The van der Waals surface area contributed by atoms with Crippen molar-refractivity contribution in [3.05, 3.63) is 47.9 Å². The monoisotopic (exact) mass is 301 g/mol. The number of aromatic nitrogens is 4. The van der Waals surface area contributed by atoms with Crippen molar-refractivity contribution >= 4 is 23.2 Å². The van der Waals surface area contributed by atoms with E-state index >= 15 is 0 Å². The number of nitrogens with zero attached hydrogens (tertiary/aromatic N) is 3. The van der Waals surface area contributed by atoms with E-state index in [1.807, 2.05) is 24.3 Å². The number of benzene rings is 1. The van der Waals surface area contributed by atoms with Crippen LogP contribution in [0.15, 0.2) is 42.9 Å². The second-order valence-electron chi connectivity index (χ2n) is 4.20. The van der Waals surface area contributed by atoms with E-state index in [1.54, 1.807) is 25.7 Å². The van der Waals surface area contributed by atoms with Gasteiger partial charge in [0.2, 0.25) is 5.95 Å². The molecule has 2 aromatic heterocycles. The van der Waals surface area contributed by atoms with Crippen molar-refractivity contribution in [3.63, 3.8) is 0 Å². The molecule has 2 heterocycles. The van der Waals surface area contributed by atoms with Crippen molar-refractivity contribution in [3.8, 4) is 17.0 Å². The average molecular weight is 302 g/mol. The summed E-state index contributed by atoms with van der Waals surface area (Å²) in [6.07, 6.45) is 4.93. The minimum Gasteiger partial charge on any atom is -0.495 e. The first-order valence-corrected chi connectivity index (χ1v) is 6.57. The van der Waals surface area contributed by atoms with Gasteiger partial charge < -0.3 is 10.1 Å². The summed E-state index contributed by atoms with van der Waals surface area (Å²) in [5, 5.41) is 10.2. The molecule has 106 valence electrons. The highest BCUT2D eigenvalue weighted by molar-refractivity contribution is 6.32. The third kappa shape index (κ3) is 2.80. The second-order valence-corrected chi connectivity index (χ2v) is 4.61. The predicted molar refractivity (Wildman–Crippen MR) is 80.9 cm³/mol. The number of anilines is 2. The summed E-state index contributed by atoms with van der Waals surface area (Å²) in [6, 6.07) is 7.53. The van der Waals surface area contributed by atoms with Crippen LogP contribution in [-0.4, -0.2) is 27.3 Å². The predicted octanol–water partition coefficient (Wildman–Crippen LogP) is 3.27. The maximum atomic E-state index is 6.13. The molecule has 0 unspecified atom stereocenters. The maximum absolute atomic E-state index is 6.13. The van der Waals surface area contributed by atoms with Crippen molar-refractivity contribution < 1.29 is 4.74 Å². The van der Waals surface area contributed by atoms with Gasteiger partial charge >= 0.3 is 0 Å². The highest BCUT2D eigenvalue weighted by atomic mass is 35.5. The summed E-state index contributed by atoms with van der Waals surface area (Å²) in [7, 11) is 1.61. The zero-order valence-corrected chi connectivity index (χ0v) is 11.9. The molecule has 7 heteroatoms. The quantitative estimate of drug-likeness (QED) is 0.773. The van der Waals surface area contributed by atoms with Crippen LogP contribution >= 0.6 is 11.6 Å². The summed E-state index contributed by atoms with van der Waals surface area (Å²) in [6.45, 7) is 0. The zero-order chi connectivity index (χ0) is 14.7. The van der Waals surface area contributed by atoms with Gasteiger partial charge in [0.05, 0.1) is 35.9 Å². The average Bonchev–Trinajstić information content (AvgIpc) is 3.04. The van der Waals surface area contributed by atoms with Crippen molar-refractivity contribution in [2.75, 3.05) is 12.4 Å². The van der Waals surface area contributed by atoms with Gasteiger partial charge in [0, 0.05) is 11.8 Å². The Kier molecular flexibility index (Phi) is 3.70. The molecule has 1 aromatic carbocycles. The molecule has 6 nitrogen and oxygen atoms in total. The molecule has 0 saturated heterocycles. The lowest BCUT2D eigenvalue weighted by Gasteiger charge is -2.10. The molecule has 3 aromatic rings. The SMILES string of the molecule is COc1ccccc1Nc1ncc(Cl)c(-c2cn[nH]c2)n1. The highest BCUT2D eigenvalue weighted by Gasteiger charge is 2.10. The third-order valence-corrected chi connectivity index (χ3v) is 3.15. The lowest BCUT2D eigenvalue weighted by molar-refractivity contribution is 0.417. The summed E-state index contributed by atoms with van der Waals surface area (Å²) in [4.78, 5) is 8.59. The van der Waals surface area contributed by atoms with E-state index in [1.165, 1.54) is 0 Å². The number of H-pyrrole nitrogens is 1. The van der Waals surface area contributed by atoms with E-state index < -0.39 is 0 Å². The van der Waals surface area contributed by atoms with Gasteiger partial charge in [-0.3, -0.25) is 5.10 Å². The van der Waals surface area contributed by atoms with Crippen LogP contribution < -0.4 is 10.1 Å². The molecule has 0 aliphatic heterocycles. The number of rotatable bonds is 4. The summed E-state index contributed by atoms with van der Waals surface area (Å²) in [5.74, 6) is 1.14. The Morgan fingerprint density at radius 2 is 2.10 bits per heavy atom. The molecule has 21 heavy (non-hydrogen) atoms. The maximum Gasteiger partial charge on any atom is 0.227 e. The number of halogens is 1. The molecule has 0 aliphatic carbocycles.